The first-order valence-corrected chi connectivity index (χ1v) is 14.3. The Hall–Kier alpha value is -1.84. The summed E-state index contributed by atoms with van der Waals surface area (Å²) in [6.45, 7) is 16.4. The number of nitriles is 1. The molecule has 6 heteroatoms. The van der Waals surface area contributed by atoms with Gasteiger partial charge < -0.3 is 19.5 Å². The van der Waals surface area contributed by atoms with Crippen molar-refractivity contribution in [3.8, 4) is 6.07 Å². The van der Waals surface area contributed by atoms with Crippen molar-refractivity contribution in [2.24, 2.45) is 11.3 Å². The summed E-state index contributed by atoms with van der Waals surface area (Å²) < 4.78 is 12.0. The van der Waals surface area contributed by atoms with E-state index in [1.807, 2.05) is 13.8 Å². The molecular formula is C30H50N2O4. The number of hydrogen-bond acceptors (Lipinski definition) is 6. The molecule has 1 fully saturated rings. The molecule has 0 aromatic rings. The van der Waals surface area contributed by atoms with Gasteiger partial charge in [0.15, 0.2) is 6.29 Å². The van der Waals surface area contributed by atoms with Gasteiger partial charge in [-0.15, -0.1) is 0 Å². The van der Waals surface area contributed by atoms with Gasteiger partial charge in [0.25, 0.3) is 0 Å². The maximum atomic E-state index is 13.7. The molecule has 0 aromatic heterocycles. The second kappa shape index (κ2) is 14.2. The van der Waals surface area contributed by atoms with Gasteiger partial charge in [-0.25, -0.2) is 4.79 Å². The van der Waals surface area contributed by atoms with E-state index in [9.17, 15) is 15.2 Å². The van der Waals surface area contributed by atoms with Crippen molar-refractivity contribution in [1.82, 2.24) is 4.90 Å². The quantitative estimate of drug-likeness (QED) is 0.131. The number of unbranched alkanes of at least 4 members (excludes halogenated alkanes) is 2. The van der Waals surface area contributed by atoms with Gasteiger partial charge >= 0.3 is 5.97 Å². The Morgan fingerprint density at radius 3 is 2.39 bits per heavy atom. The minimum absolute atomic E-state index is 0.111. The number of ether oxygens (including phenoxy) is 2. The molecule has 0 bridgehead atoms. The van der Waals surface area contributed by atoms with Crippen molar-refractivity contribution in [3.63, 3.8) is 0 Å². The topological polar surface area (TPSA) is 82.8 Å². The van der Waals surface area contributed by atoms with Crippen molar-refractivity contribution < 1.29 is 19.4 Å². The fraction of sp³-hybridized carbons (Fsp3) is 0.800. The van der Waals surface area contributed by atoms with Crippen LogP contribution < -0.4 is 0 Å². The average Bonchev–Trinajstić information content (AvgIpc) is 3.36. The number of aliphatic hydroxyl groups is 1. The van der Waals surface area contributed by atoms with Crippen LogP contribution in [0.15, 0.2) is 22.4 Å². The van der Waals surface area contributed by atoms with E-state index in [0.717, 1.165) is 83.0 Å². The number of carbonyl (C=O) groups excluding carboxylic acids is 1. The Balaban J connectivity index is 2.62. The average molecular weight is 503 g/mol. The zero-order valence-corrected chi connectivity index (χ0v) is 23.9. The third-order valence-electron chi connectivity index (χ3n) is 8.05. The zero-order valence-electron chi connectivity index (χ0n) is 23.9. The van der Waals surface area contributed by atoms with Crippen LogP contribution in [0.1, 0.15) is 113 Å². The van der Waals surface area contributed by atoms with Crippen LogP contribution in [0.25, 0.3) is 0 Å². The van der Waals surface area contributed by atoms with Crippen LogP contribution in [-0.4, -0.2) is 47.6 Å². The normalized spacial score (nSPS) is 23.8. The highest BCUT2D eigenvalue weighted by Crippen LogP contribution is 2.49. The monoisotopic (exact) mass is 502 g/mol. The first-order valence-electron chi connectivity index (χ1n) is 14.3. The number of nitrogens with zero attached hydrogens (tertiary/aromatic N) is 2. The summed E-state index contributed by atoms with van der Waals surface area (Å²) >= 11 is 0. The number of aliphatic hydroxyl groups excluding tert-OH is 1. The van der Waals surface area contributed by atoms with Crippen molar-refractivity contribution in [2.45, 2.75) is 131 Å². The van der Waals surface area contributed by atoms with Crippen LogP contribution in [0.3, 0.4) is 0 Å². The molecule has 1 aliphatic carbocycles. The summed E-state index contributed by atoms with van der Waals surface area (Å²) in [5.74, 6) is -0.688. The van der Waals surface area contributed by atoms with Gasteiger partial charge in [-0.1, -0.05) is 60.8 Å². The number of allylic oxidation sites excluding steroid dienone is 3. The fourth-order valence-corrected chi connectivity index (χ4v) is 5.46. The third-order valence-corrected chi connectivity index (χ3v) is 8.05. The predicted octanol–water partition coefficient (Wildman–Crippen LogP) is 6.65. The van der Waals surface area contributed by atoms with Crippen LogP contribution in [0.4, 0.5) is 0 Å². The highest BCUT2D eigenvalue weighted by Gasteiger charge is 2.43. The molecule has 0 amide bonds. The molecule has 1 aliphatic heterocycles. The molecule has 0 saturated carbocycles. The minimum Gasteiger partial charge on any atom is -0.459 e. The summed E-state index contributed by atoms with van der Waals surface area (Å²) in [7, 11) is 0. The molecule has 0 spiro atoms. The van der Waals surface area contributed by atoms with Crippen LogP contribution in [0, 0.1) is 22.7 Å². The van der Waals surface area contributed by atoms with E-state index in [0.29, 0.717) is 11.1 Å². The maximum Gasteiger partial charge on any atom is 0.339 e. The fourth-order valence-electron chi connectivity index (χ4n) is 5.46. The van der Waals surface area contributed by atoms with Crippen molar-refractivity contribution in [2.75, 3.05) is 13.1 Å². The van der Waals surface area contributed by atoms with E-state index in [-0.39, 0.29) is 29.1 Å². The lowest BCUT2D eigenvalue weighted by Crippen LogP contribution is -2.38. The molecule has 2 aliphatic rings. The lowest BCUT2D eigenvalue weighted by Gasteiger charge is -2.43. The summed E-state index contributed by atoms with van der Waals surface area (Å²) in [5.41, 5.74) is 2.02. The van der Waals surface area contributed by atoms with E-state index in [2.05, 4.69) is 45.6 Å². The SMILES string of the molecule is CCCCC[C@@H](C)OC(=O)/C(=C1\C(C#N)=C(N2CCCC2)CC(C)(C)[C@@H]1C)C(O)OC(CC)CCC. The highest BCUT2D eigenvalue weighted by molar-refractivity contribution is 5.92. The first kappa shape index (κ1) is 30.4. The maximum absolute atomic E-state index is 13.7. The van der Waals surface area contributed by atoms with Gasteiger partial charge in [0.2, 0.25) is 0 Å². The van der Waals surface area contributed by atoms with Gasteiger partial charge in [-0.05, 0) is 68.8 Å². The molecule has 2 unspecified atom stereocenters. The van der Waals surface area contributed by atoms with E-state index in [1.165, 1.54) is 0 Å². The second-order valence-electron chi connectivity index (χ2n) is 11.4. The Morgan fingerprint density at radius 1 is 1.17 bits per heavy atom. The summed E-state index contributed by atoms with van der Waals surface area (Å²) in [4.78, 5) is 16.0. The molecule has 2 rings (SSSR count). The molecular weight excluding hydrogens is 452 g/mol. The standard InChI is InChI=1S/C30H50N2O4/c1-8-11-12-16-21(4)35-28(33)27(29(34)36-23(10-3)15-9-2)26-22(5)30(6,7)19-25(24(26)20-31)32-17-13-14-18-32/h21-23,29,34H,8-19H2,1-7H3/b27-26+/t21-,22-,23?,29?/m1/s1. The van der Waals surface area contributed by atoms with Crippen molar-refractivity contribution >= 4 is 5.97 Å². The predicted molar refractivity (Wildman–Crippen MR) is 144 cm³/mol. The number of esters is 1. The van der Waals surface area contributed by atoms with Gasteiger partial charge in [-0.2, -0.15) is 5.26 Å². The van der Waals surface area contributed by atoms with Crippen molar-refractivity contribution in [1.29, 1.82) is 5.26 Å². The third kappa shape index (κ3) is 7.59. The molecule has 0 aromatic carbocycles. The van der Waals surface area contributed by atoms with Gasteiger partial charge in [0.1, 0.15) is 6.07 Å². The van der Waals surface area contributed by atoms with E-state index < -0.39 is 12.3 Å². The van der Waals surface area contributed by atoms with Crippen LogP contribution in [0.5, 0.6) is 0 Å². The summed E-state index contributed by atoms with van der Waals surface area (Å²) in [6.07, 6.45) is 7.46. The van der Waals surface area contributed by atoms with E-state index in [1.54, 1.807) is 0 Å². The van der Waals surface area contributed by atoms with Gasteiger partial charge in [0, 0.05) is 18.8 Å². The molecule has 0 radical (unpaired) electrons. The number of carbonyl (C=O) groups is 1. The molecule has 1 N–H and O–H groups in total. The number of hydrogen-bond donors (Lipinski definition) is 1. The molecule has 6 nitrogen and oxygen atoms in total. The van der Waals surface area contributed by atoms with Crippen LogP contribution in [0.2, 0.25) is 0 Å². The molecule has 1 saturated heterocycles. The Morgan fingerprint density at radius 2 is 1.83 bits per heavy atom. The minimum atomic E-state index is -1.44. The van der Waals surface area contributed by atoms with Crippen LogP contribution in [-0.2, 0) is 14.3 Å². The molecule has 1 heterocycles. The number of likely N-dealkylation sites (tertiary alicyclic amines) is 1. The van der Waals surface area contributed by atoms with E-state index in [4.69, 9.17) is 9.47 Å². The van der Waals surface area contributed by atoms with Gasteiger partial charge in [0.05, 0.1) is 23.4 Å². The molecule has 4 atom stereocenters. The van der Waals surface area contributed by atoms with Gasteiger partial charge in [-0.3, -0.25) is 0 Å². The van der Waals surface area contributed by atoms with Crippen molar-refractivity contribution in [3.05, 3.63) is 22.4 Å². The zero-order chi connectivity index (χ0) is 26.9. The van der Waals surface area contributed by atoms with Crippen LogP contribution >= 0.6 is 0 Å². The second-order valence-corrected chi connectivity index (χ2v) is 11.4. The molecule has 36 heavy (non-hydrogen) atoms. The lowest BCUT2D eigenvalue weighted by molar-refractivity contribution is -0.155. The highest BCUT2D eigenvalue weighted by atomic mass is 16.6. The molecule has 204 valence electrons. The lowest BCUT2D eigenvalue weighted by atomic mass is 9.65. The summed E-state index contributed by atoms with van der Waals surface area (Å²) in [6, 6.07) is 2.43. The smallest absolute Gasteiger partial charge is 0.339 e. The first-order chi connectivity index (χ1) is 17.1. The number of rotatable bonds is 13. The largest absolute Gasteiger partial charge is 0.459 e. The Kier molecular flexibility index (Phi) is 12.0. The Bertz CT molecular complexity index is 832. The summed E-state index contributed by atoms with van der Waals surface area (Å²) in [5, 5.41) is 21.8. The van der Waals surface area contributed by atoms with E-state index >= 15 is 0 Å². The Labute approximate surface area is 219 Å².